The third kappa shape index (κ3) is 4.28. The number of hydrogen-bond acceptors (Lipinski definition) is 5. The summed E-state index contributed by atoms with van der Waals surface area (Å²) in [5.74, 6) is -1.81. The van der Waals surface area contributed by atoms with E-state index >= 15 is 0 Å². The number of benzene rings is 1. The van der Waals surface area contributed by atoms with Crippen molar-refractivity contribution in [1.82, 2.24) is 20.2 Å². The van der Waals surface area contributed by atoms with Gasteiger partial charge >= 0.3 is 6.03 Å². The van der Waals surface area contributed by atoms with E-state index in [0.717, 1.165) is 17.1 Å². The van der Waals surface area contributed by atoms with Crippen LogP contribution in [0.15, 0.2) is 48.1 Å². The monoisotopic (exact) mass is 429 g/mol. The second-order valence-electron chi connectivity index (χ2n) is 6.62. The summed E-state index contributed by atoms with van der Waals surface area (Å²) in [5, 5.41) is 5.41. The molecule has 0 radical (unpaired) electrons. The molecule has 2 aromatic heterocycles. The number of hydrogen-bond donors (Lipinski definition) is 1. The van der Waals surface area contributed by atoms with Gasteiger partial charge in [0.1, 0.15) is 10.8 Å². The Labute approximate surface area is 175 Å². The van der Waals surface area contributed by atoms with Crippen LogP contribution in [0.3, 0.4) is 0 Å². The molecule has 4 rings (SSSR count). The minimum Gasteiger partial charge on any atom is -0.346 e. The molecule has 0 bridgehead atoms. The zero-order valence-corrected chi connectivity index (χ0v) is 16.5. The summed E-state index contributed by atoms with van der Waals surface area (Å²) in [6, 6.07) is 6.37. The Morgan fingerprint density at radius 3 is 2.73 bits per heavy atom. The van der Waals surface area contributed by atoms with Crippen LogP contribution in [0.5, 0.6) is 0 Å². The smallest absolute Gasteiger partial charge is 0.326 e. The van der Waals surface area contributed by atoms with Crippen LogP contribution in [0.25, 0.3) is 0 Å². The first kappa shape index (κ1) is 19.9. The lowest BCUT2D eigenvalue weighted by molar-refractivity contribution is 0.0950. The van der Waals surface area contributed by atoms with E-state index in [-0.39, 0.29) is 18.5 Å². The van der Waals surface area contributed by atoms with Crippen LogP contribution >= 0.6 is 11.3 Å². The van der Waals surface area contributed by atoms with Crippen molar-refractivity contribution in [3.63, 3.8) is 0 Å². The van der Waals surface area contributed by atoms with Crippen molar-refractivity contribution in [1.29, 1.82) is 0 Å². The van der Waals surface area contributed by atoms with Gasteiger partial charge in [-0.2, -0.15) is 0 Å². The van der Waals surface area contributed by atoms with E-state index < -0.39 is 11.6 Å². The van der Waals surface area contributed by atoms with Gasteiger partial charge in [0.25, 0.3) is 5.91 Å². The van der Waals surface area contributed by atoms with Gasteiger partial charge in [-0.15, -0.1) is 11.3 Å². The SMILES string of the molecule is O=C(NCc1nccs1)c1ccnc(N2CCN(Cc3ccc(F)c(F)c3)C2=O)c1. The summed E-state index contributed by atoms with van der Waals surface area (Å²) >= 11 is 1.45. The summed E-state index contributed by atoms with van der Waals surface area (Å²) in [5.41, 5.74) is 0.871. The fourth-order valence-corrected chi connectivity index (χ4v) is 3.66. The molecule has 0 aliphatic carbocycles. The highest BCUT2D eigenvalue weighted by molar-refractivity contribution is 7.09. The first-order valence-electron chi connectivity index (χ1n) is 9.14. The molecule has 3 amide bonds. The minimum absolute atomic E-state index is 0.153. The van der Waals surface area contributed by atoms with Crippen molar-refractivity contribution in [3.8, 4) is 0 Å². The lowest BCUT2D eigenvalue weighted by Crippen LogP contribution is -2.32. The third-order valence-corrected chi connectivity index (χ3v) is 5.40. The molecule has 0 atom stereocenters. The number of nitrogens with one attached hydrogen (secondary N) is 1. The minimum atomic E-state index is -0.950. The Balaban J connectivity index is 1.42. The first-order chi connectivity index (χ1) is 14.5. The molecule has 0 saturated carbocycles. The molecule has 7 nitrogen and oxygen atoms in total. The Hall–Kier alpha value is -3.40. The Kier molecular flexibility index (Phi) is 5.66. The largest absolute Gasteiger partial charge is 0.346 e. The molecule has 1 aliphatic rings. The highest BCUT2D eigenvalue weighted by atomic mass is 32.1. The van der Waals surface area contributed by atoms with E-state index in [1.165, 1.54) is 33.4 Å². The number of carbonyl (C=O) groups is 2. The molecular formula is C20H17F2N5O2S. The summed E-state index contributed by atoms with van der Waals surface area (Å²) < 4.78 is 26.5. The molecule has 3 aromatic rings. The average Bonchev–Trinajstić information content (AvgIpc) is 3.39. The lowest BCUT2D eigenvalue weighted by atomic mass is 10.2. The summed E-state index contributed by atoms with van der Waals surface area (Å²) in [4.78, 5) is 36.5. The number of anilines is 1. The molecule has 1 aliphatic heterocycles. The molecule has 1 fully saturated rings. The van der Waals surface area contributed by atoms with Gasteiger partial charge in [-0.1, -0.05) is 6.07 Å². The fourth-order valence-electron chi connectivity index (χ4n) is 3.11. The molecule has 1 saturated heterocycles. The second kappa shape index (κ2) is 8.54. The topological polar surface area (TPSA) is 78.4 Å². The van der Waals surface area contributed by atoms with Gasteiger partial charge in [0, 0.05) is 43.0 Å². The molecule has 1 aromatic carbocycles. The maximum atomic E-state index is 13.4. The van der Waals surface area contributed by atoms with Crippen LogP contribution in [0, 0.1) is 11.6 Å². The van der Waals surface area contributed by atoms with E-state index in [9.17, 15) is 18.4 Å². The molecule has 3 heterocycles. The summed E-state index contributed by atoms with van der Waals surface area (Å²) in [6.07, 6.45) is 3.14. The third-order valence-electron chi connectivity index (χ3n) is 4.62. The highest BCUT2D eigenvalue weighted by Crippen LogP contribution is 2.21. The number of thiazole rings is 1. The first-order valence-corrected chi connectivity index (χ1v) is 10.0. The van der Waals surface area contributed by atoms with Gasteiger partial charge in [-0.25, -0.2) is 23.5 Å². The maximum absolute atomic E-state index is 13.4. The molecule has 0 spiro atoms. The van der Waals surface area contributed by atoms with Crippen LogP contribution in [0.2, 0.25) is 0 Å². The van der Waals surface area contributed by atoms with Gasteiger partial charge in [0.15, 0.2) is 11.6 Å². The second-order valence-corrected chi connectivity index (χ2v) is 7.59. The molecular weight excluding hydrogens is 412 g/mol. The number of rotatable bonds is 6. The molecule has 30 heavy (non-hydrogen) atoms. The van der Waals surface area contributed by atoms with Crippen LogP contribution in [-0.4, -0.2) is 39.9 Å². The van der Waals surface area contributed by atoms with Crippen molar-refractivity contribution in [3.05, 3.63) is 75.9 Å². The van der Waals surface area contributed by atoms with Crippen molar-refractivity contribution < 1.29 is 18.4 Å². The van der Waals surface area contributed by atoms with Crippen LogP contribution in [-0.2, 0) is 13.1 Å². The predicted octanol–water partition coefficient (Wildman–Crippen LogP) is 3.19. The van der Waals surface area contributed by atoms with Crippen molar-refractivity contribution in [2.45, 2.75) is 13.1 Å². The summed E-state index contributed by atoms with van der Waals surface area (Å²) in [6.45, 7) is 1.25. The molecule has 0 unspecified atom stereocenters. The van der Waals surface area contributed by atoms with Crippen LogP contribution < -0.4 is 10.2 Å². The highest BCUT2D eigenvalue weighted by Gasteiger charge is 2.30. The quantitative estimate of drug-likeness (QED) is 0.653. The van der Waals surface area contributed by atoms with Gasteiger partial charge < -0.3 is 10.2 Å². The number of urea groups is 1. The number of pyridine rings is 1. The molecule has 1 N–H and O–H groups in total. The zero-order chi connectivity index (χ0) is 21.1. The van der Waals surface area contributed by atoms with Gasteiger partial charge in [-0.05, 0) is 29.8 Å². The standard InChI is InChI=1S/C20H17F2N5O2S/c21-15-2-1-13(9-16(15)22)12-26-6-7-27(20(26)29)17-10-14(3-4-23-17)19(28)25-11-18-24-5-8-30-18/h1-5,8-10H,6-7,11-12H2,(H,25,28). The van der Waals surface area contributed by atoms with Gasteiger partial charge in [0.05, 0.1) is 6.54 Å². The van der Waals surface area contributed by atoms with E-state index in [1.54, 1.807) is 18.3 Å². The molecule has 10 heteroatoms. The Morgan fingerprint density at radius 2 is 1.97 bits per heavy atom. The zero-order valence-electron chi connectivity index (χ0n) is 15.7. The fraction of sp³-hybridized carbons (Fsp3) is 0.200. The number of aromatic nitrogens is 2. The Bertz CT molecular complexity index is 1080. The normalized spacial score (nSPS) is 13.7. The number of nitrogens with zero attached hydrogens (tertiary/aromatic N) is 4. The van der Waals surface area contributed by atoms with E-state index in [2.05, 4.69) is 15.3 Å². The van der Waals surface area contributed by atoms with Crippen molar-refractivity contribution in [2.75, 3.05) is 18.0 Å². The van der Waals surface area contributed by atoms with Gasteiger partial charge in [0.2, 0.25) is 0 Å². The maximum Gasteiger partial charge on any atom is 0.326 e. The van der Waals surface area contributed by atoms with E-state index in [0.29, 0.717) is 36.6 Å². The number of amides is 3. The van der Waals surface area contributed by atoms with Crippen LogP contribution in [0.1, 0.15) is 20.9 Å². The lowest BCUT2D eigenvalue weighted by Gasteiger charge is -2.18. The summed E-state index contributed by atoms with van der Waals surface area (Å²) in [7, 11) is 0. The van der Waals surface area contributed by atoms with E-state index in [1.807, 2.05) is 5.38 Å². The van der Waals surface area contributed by atoms with E-state index in [4.69, 9.17) is 0 Å². The van der Waals surface area contributed by atoms with Gasteiger partial charge in [-0.3, -0.25) is 9.69 Å². The Morgan fingerprint density at radius 1 is 1.10 bits per heavy atom. The number of halogens is 2. The van der Waals surface area contributed by atoms with Crippen molar-refractivity contribution in [2.24, 2.45) is 0 Å². The number of carbonyl (C=O) groups excluding carboxylic acids is 2. The molecule has 154 valence electrons. The van der Waals surface area contributed by atoms with Crippen LogP contribution in [0.4, 0.5) is 19.4 Å². The van der Waals surface area contributed by atoms with Crippen molar-refractivity contribution >= 4 is 29.1 Å². The average molecular weight is 429 g/mol. The predicted molar refractivity (Wildman–Crippen MR) is 107 cm³/mol.